The maximum absolute atomic E-state index is 12.2. The van der Waals surface area contributed by atoms with Gasteiger partial charge in [-0.1, -0.05) is 18.2 Å². The number of para-hydroxylation sites is 1. The molecule has 0 unspecified atom stereocenters. The second-order valence-corrected chi connectivity index (χ2v) is 5.37. The van der Waals surface area contributed by atoms with Gasteiger partial charge in [-0.2, -0.15) is 5.10 Å². The van der Waals surface area contributed by atoms with E-state index in [9.17, 15) is 4.79 Å². The highest BCUT2D eigenvalue weighted by Crippen LogP contribution is 2.17. The van der Waals surface area contributed by atoms with E-state index in [2.05, 4.69) is 5.10 Å². The molecule has 0 saturated carbocycles. The van der Waals surface area contributed by atoms with Crippen molar-refractivity contribution in [2.75, 3.05) is 0 Å². The lowest BCUT2D eigenvalue weighted by atomic mass is 10.1. The lowest BCUT2D eigenvalue weighted by Crippen LogP contribution is -2.02. The topological polar surface area (TPSA) is 34.9 Å². The Kier molecular flexibility index (Phi) is 3.01. The van der Waals surface area contributed by atoms with Crippen molar-refractivity contribution in [1.82, 2.24) is 9.78 Å². The molecule has 0 saturated heterocycles. The molecular formula is C15H12N2OS. The van der Waals surface area contributed by atoms with E-state index >= 15 is 0 Å². The Morgan fingerprint density at radius 2 is 2.00 bits per heavy atom. The second-order valence-electron chi connectivity index (χ2n) is 4.26. The molecule has 2 aromatic heterocycles. The Labute approximate surface area is 115 Å². The third-order valence-corrected chi connectivity index (χ3v) is 3.70. The van der Waals surface area contributed by atoms with E-state index in [4.69, 9.17) is 0 Å². The summed E-state index contributed by atoms with van der Waals surface area (Å²) in [4.78, 5) is 13.4. The van der Waals surface area contributed by atoms with Crippen LogP contribution in [0.2, 0.25) is 0 Å². The number of carbonyl (C=O) groups is 1. The summed E-state index contributed by atoms with van der Waals surface area (Å²) >= 11 is 1.58. The zero-order valence-electron chi connectivity index (χ0n) is 10.4. The Balaban J connectivity index is 1.92. The van der Waals surface area contributed by atoms with Crippen molar-refractivity contribution in [3.8, 4) is 5.69 Å². The van der Waals surface area contributed by atoms with Crippen molar-refractivity contribution in [2.24, 2.45) is 0 Å². The number of ketones is 1. The average molecular weight is 268 g/mol. The van der Waals surface area contributed by atoms with E-state index in [1.165, 1.54) is 0 Å². The summed E-state index contributed by atoms with van der Waals surface area (Å²) in [5.74, 6) is -0.0287. The SMILES string of the molecule is Cc1cc(C(=O)c2ccn(-c3ccccc3)n2)cs1. The molecule has 0 N–H and O–H groups in total. The van der Waals surface area contributed by atoms with Crippen LogP contribution < -0.4 is 0 Å². The first-order chi connectivity index (χ1) is 9.24. The number of hydrogen-bond donors (Lipinski definition) is 0. The monoisotopic (exact) mass is 268 g/mol. The first-order valence-corrected chi connectivity index (χ1v) is 6.83. The predicted octanol–water partition coefficient (Wildman–Crippen LogP) is 3.47. The molecular weight excluding hydrogens is 256 g/mol. The van der Waals surface area contributed by atoms with Gasteiger partial charge in [0.05, 0.1) is 5.69 Å². The van der Waals surface area contributed by atoms with Crippen LogP contribution in [0.25, 0.3) is 5.69 Å². The standard InChI is InChI=1S/C15H12N2OS/c1-11-9-12(10-19-11)15(18)14-7-8-17(16-14)13-5-3-2-4-6-13/h2-10H,1H3. The van der Waals surface area contributed by atoms with Gasteiger partial charge in [0.25, 0.3) is 0 Å². The van der Waals surface area contributed by atoms with Crippen molar-refractivity contribution in [3.05, 3.63) is 70.2 Å². The van der Waals surface area contributed by atoms with Crippen LogP contribution in [0, 0.1) is 6.92 Å². The molecule has 0 aliphatic carbocycles. The Morgan fingerprint density at radius 3 is 2.68 bits per heavy atom. The Morgan fingerprint density at radius 1 is 1.21 bits per heavy atom. The Hall–Kier alpha value is -2.20. The molecule has 0 amide bonds. The van der Waals surface area contributed by atoms with E-state index in [-0.39, 0.29) is 5.78 Å². The summed E-state index contributed by atoms with van der Waals surface area (Å²) in [7, 11) is 0. The number of benzene rings is 1. The largest absolute Gasteiger partial charge is 0.287 e. The summed E-state index contributed by atoms with van der Waals surface area (Å²) in [5.41, 5.74) is 2.13. The van der Waals surface area contributed by atoms with Gasteiger partial charge in [0.2, 0.25) is 5.78 Å². The van der Waals surface area contributed by atoms with Gasteiger partial charge in [0, 0.05) is 22.0 Å². The first-order valence-electron chi connectivity index (χ1n) is 5.95. The maximum Gasteiger partial charge on any atom is 0.214 e. The van der Waals surface area contributed by atoms with Crippen LogP contribution in [0.15, 0.2) is 54.0 Å². The summed E-state index contributed by atoms with van der Waals surface area (Å²) in [6.45, 7) is 1.99. The van der Waals surface area contributed by atoms with Crippen LogP contribution in [-0.4, -0.2) is 15.6 Å². The first kappa shape index (κ1) is 11.9. The smallest absolute Gasteiger partial charge is 0.214 e. The normalized spacial score (nSPS) is 10.6. The minimum Gasteiger partial charge on any atom is -0.287 e. The number of rotatable bonds is 3. The number of hydrogen-bond acceptors (Lipinski definition) is 3. The summed E-state index contributed by atoms with van der Waals surface area (Å²) in [6.07, 6.45) is 1.81. The van der Waals surface area contributed by atoms with Gasteiger partial charge in [-0.25, -0.2) is 4.68 Å². The van der Waals surface area contributed by atoms with Gasteiger partial charge in [-0.05, 0) is 31.2 Å². The van der Waals surface area contributed by atoms with E-state index in [0.29, 0.717) is 11.3 Å². The molecule has 0 aliphatic rings. The van der Waals surface area contributed by atoms with Crippen LogP contribution >= 0.6 is 11.3 Å². The summed E-state index contributed by atoms with van der Waals surface area (Å²) in [6, 6.07) is 13.4. The number of aryl methyl sites for hydroxylation is 1. The lowest BCUT2D eigenvalue weighted by Gasteiger charge is -1.99. The van der Waals surface area contributed by atoms with Crippen molar-refractivity contribution in [1.29, 1.82) is 0 Å². The second kappa shape index (κ2) is 4.82. The van der Waals surface area contributed by atoms with Gasteiger partial charge in [-0.15, -0.1) is 11.3 Å². The van der Waals surface area contributed by atoms with Crippen LogP contribution in [0.1, 0.15) is 20.9 Å². The molecule has 0 fully saturated rings. The lowest BCUT2D eigenvalue weighted by molar-refractivity contribution is 0.103. The molecule has 4 heteroatoms. The van der Waals surface area contributed by atoms with E-state index in [0.717, 1.165) is 10.6 Å². The molecule has 3 aromatic rings. The zero-order valence-corrected chi connectivity index (χ0v) is 11.2. The van der Waals surface area contributed by atoms with Crippen LogP contribution in [0.4, 0.5) is 0 Å². The number of aromatic nitrogens is 2. The molecule has 2 heterocycles. The predicted molar refractivity (Wildman–Crippen MR) is 76.1 cm³/mol. The third kappa shape index (κ3) is 2.35. The molecule has 0 atom stereocenters. The van der Waals surface area contributed by atoms with Gasteiger partial charge in [0.15, 0.2) is 0 Å². The van der Waals surface area contributed by atoms with E-state index in [1.807, 2.05) is 54.9 Å². The summed E-state index contributed by atoms with van der Waals surface area (Å²) in [5, 5.41) is 6.21. The van der Waals surface area contributed by atoms with Gasteiger partial charge in [0.1, 0.15) is 5.69 Å². The fraction of sp³-hybridized carbons (Fsp3) is 0.0667. The molecule has 94 valence electrons. The molecule has 3 rings (SSSR count). The van der Waals surface area contributed by atoms with Crippen LogP contribution in [0.3, 0.4) is 0 Å². The van der Waals surface area contributed by atoms with Crippen molar-refractivity contribution in [3.63, 3.8) is 0 Å². The molecule has 1 aromatic carbocycles. The Bertz CT molecular complexity index is 713. The molecule has 0 bridgehead atoms. The number of nitrogens with zero attached hydrogens (tertiary/aromatic N) is 2. The van der Waals surface area contributed by atoms with Gasteiger partial charge < -0.3 is 0 Å². The minimum atomic E-state index is -0.0287. The quantitative estimate of drug-likeness (QED) is 0.682. The van der Waals surface area contributed by atoms with Gasteiger partial charge >= 0.3 is 0 Å². The highest BCUT2D eigenvalue weighted by atomic mass is 32.1. The van der Waals surface area contributed by atoms with Crippen LogP contribution in [-0.2, 0) is 0 Å². The average Bonchev–Trinajstić information content (AvgIpc) is 3.08. The van der Waals surface area contributed by atoms with Gasteiger partial charge in [-0.3, -0.25) is 4.79 Å². The molecule has 0 aliphatic heterocycles. The zero-order chi connectivity index (χ0) is 13.2. The molecule has 0 spiro atoms. The van der Waals surface area contributed by atoms with Crippen molar-refractivity contribution >= 4 is 17.1 Å². The number of carbonyl (C=O) groups excluding carboxylic acids is 1. The maximum atomic E-state index is 12.2. The highest BCUT2D eigenvalue weighted by molar-refractivity contribution is 7.10. The fourth-order valence-electron chi connectivity index (χ4n) is 1.88. The minimum absolute atomic E-state index is 0.0287. The van der Waals surface area contributed by atoms with Crippen molar-refractivity contribution in [2.45, 2.75) is 6.92 Å². The van der Waals surface area contributed by atoms with E-state index in [1.54, 1.807) is 22.1 Å². The van der Waals surface area contributed by atoms with Crippen molar-refractivity contribution < 1.29 is 4.79 Å². The third-order valence-electron chi connectivity index (χ3n) is 2.84. The highest BCUT2D eigenvalue weighted by Gasteiger charge is 2.13. The molecule has 3 nitrogen and oxygen atoms in total. The molecule has 0 radical (unpaired) electrons. The number of thiophene rings is 1. The summed E-state index contributed by atoms with van der Waals surface area (Å²) < 4.78 is 1.71. The van der Waals surface area contributed by atoms with E-state index < -0.39 is 0 Å². The molecule has 19 heavy (non-hydrogen) atoms. The van der Waals surface area contributed by atoms with Crippen LogP contribution in [0.5, 0.6) is 0 Å². The fourth-order valence-corrected chi connectivity index (χ4v) is 2.56.